The Balaban J connectivity index is 1.59. The molecule has 2 atom stereocenters. The SMILES string of the molecule is COc1cc2c(N3CCC(N4C[C@@H](C)O[C@@H](C)C4)CC3)ncnc2c(OC)c1OC. The van der Waals surface area contributed by atoms with Crippen LogP contribution in [-0.4, -0.2) is 80.6 Å². The van der Waals surface area contributed by atoms with Crippen LogP contribution in [-0.2, 0) is 4.74 Å². The molecule has 2 fully saturated rings. The number of hydrogen-bond acceptors (Lipinski definition) is 8. The summed E-state index contributed by atoms with van der Waals surface area (Å²) in [6, 6.07) is 2.54. The molecule has 2 aliphatic heterocycles. The van der Waals surface area contributed by atoms with Crippen LogP contribution in [0.5, 0.6) is 17.2 Å². The quantitative estimate of drug-likeness (QED) is 0.737. The molecule has 0 saturated carbocycles. The first-order valence-electron chi connectivity index (χ1n) is 10.6. The molecule has 2 saturated heterocycles. The van der Waals surface area contributed by atoms with Gasteiger partial charge in [0.05, 0.1) is 38.9 Å². The highest BCUT2D eigenvalue weighted by molar-refractivity contribution is 5.97. The number of rotatable bonds is 5. The molecule has 2 aliphatic rings. The number of ether oxygens (including phenoxy) is 4. The summed E-state index contributed by atoms with van der Waals surface area (Å²) in [5, 5.41) is 0.916. The standard InChI is InChI=1S/C22H32N4O4/c1-14-11-26(12-15(2)30-14)16-6-8-25(9-7-16)22-17-10-18(27-3)20(28-4)21(29-5)19(17)23-13-24-22/h10,13-16H,6-9,11-12H2,1-5H3/t14-,15+. The molecule has 0 N–H and O–H groups in total. The van der Waals surface area contributed by atoms with Gasteiger partial charge in [-0.15, -0.1) is 0 Å². The van der Waals surface area contributed by atoms with Gasteiger partial charge >= 0.3 is 0 Å². The van der Waals surface area contributed by atoms with E-state index in [9.17, 15) is 0 Å². The zero-order valence-corrected chi connectivity index (χ0v) is 18.6. The summed E-state index contributed by atoms with van der Waals surface area (Å²) in [5.74, 6) is 2.65. The van der Waals surface area contributed by atoms with Crippen molar-refractivity contribution in [3.63, 3.8) is 0 Å². The van der Waals surface area contributed by atoms with E-state index in [1.807, 2.05) is 6.07 Å². The molecule has 0 spiro atoms. The van der Waals surface area contributed by atoms with Crippen molar-refractivity contribution in [3.8, 4) is 17.2 Å². The van der Waals surface area contributed by atoms with Crippen LogP contribution in [0.1, 0.15) is 26.7 Å². The molecule has 8 heteroatoms. The second-order valence-electron chi connectivity index (χ2n) is 8.17. The summed E-state index contributed by atoms with van der Waals surface area (Å²) in [7, 11) is 4.85. The lowest BCUT2D eigenvalue weighted by atomic mass is 10.0. The Morgan fingerprint density at radius 1 is 0.933 bits per heavy atom. The number of aromatic nitrogens is 2. The topological polar surface area (TPSA) is 69.2 Å². The van der Waals surface area contributed by atoms with Crippen LogP contribution >= 0.6 is 0 Å². The van der Waals surface area contributed by atoms with Gasteiger partial charge in [-0.2, -0.15) is 0 Å². The van der Waals surface area contributed by atoms with Crippen molar-refractivity contribution in [2.24, 2.45) is 0 Å². The number of anilines is 1. The molecule has 30 heavy (non-hydrogen) atoms. The zero-order valence-electron chi connectivity index (χ0n) is 18.6. The molecule has 0 unspecified atom stereocenters. The van der Waals surface area contributed by atoms with Gasteiger partial charge in [0.25, 0.3) is 0 Å². The van der Waals surface area contributed by atoms with Gasteiger partial charge in [-0.3, -0.25) is 4.90 Å². The van der Waals surface area contributed by atoms with Crippen LogP contribution in [0.3, 0.4) is 0 Å². The summed E-state index contributed by atoms with van der Waals surface area (Å²) in [6.45, 7) is 8.26. The molecule has 0 aliphatic carbocycles. The Labute approximate surface area is 178 Å². The largest absolute Gasteiger partial charge is 0.493 e. The van der Waals surface area contributed by atoms with Crippen molar-refractivity contribution in [1.29, 1.82) is 0 Å². The van der Waals surface area contributed by atoms with Gasteiger partial charge in [-0.25, -0.2) is 9.97 Å². The highest BCUT2D eigenvalue weighted by Gasteiger charge is 2.31. The molecular weight excluding hydrogens is 384 g/mol. The Hall–Kier alpha value is -2.32. The second-order valence-corrected chi connectivity index (χ2v) is 8.17. The van der Waals surface area contributed by atoms with Crippen molar-refractivity contribution in [2.45, 2.75) is 44.9 Å². The van der Waals surface area contributed by atoms with E-state index in [4.69, 9.17) is 18.9 Å². The van der Waals surface area contributed by atoms with E-state index < -0.39 is 0 Å². The fourth-order valence-electron chi connectivity index (χ4n) is 4.86. The van der Waals surface area contributed by atoms with Gasteiger partial charge in [0.15, 0.2) is 11.5 Å². The maximum absolute atomic E-state index is 5.91. The van der Waals surface area contributed by atoms with E-state index in [1.54, 1.807) is 27.7 Å². The highest BCUT2D eigenvalue weighted by Crippen LogP contribution is 2.44. The zero-order chi connectivity index (χ0) is 21.3. The average molecular weight is 417 g/mol. The fourth-order valence-corrected chi connectivity index (χ4v) is 4.86. The number of hydrogen-bond donors (Lipinski definition) is 0. The smallest absolute Gasteiger partial charge is 0.205 e. The van der Waals surface area contributed by atoms with Crippen molar-refractivity contribution >= 4 is 16.7 Å². The summed E-state index contributed by atoms with van der Waals surface area (Å²) in [4.78, 5) is 14.1. The van der Waals surface area contributed by atoms with Crippen molar-refractivity contribution < 1.29 is 18.9 Å². The van der Waals surface area contributed by atoms with Gasteiger partial charge in [0.2, 0.25) is 5.75 Å². The third-order valence-corrected chi connectivity index (χ3v) is 6.14. The Bertz CT molecular complexity index is 875. The van der Waals surface area contributed by atoms with Crippen LogP contribution < -0.4 is 19.1 Å². The monoisotopic (exact) mass is 416 g/mol. The van der Waals surface area contributed by atoms with Gasteiger partial charge in [-0.05, 0) is 32.8 Å². The lowest BCUT2D eigenvalue weighted by Crippen LogP contribution is -2.53. The number of fused-ring (bicyclic) bond motifs is 1. The molecule has 1 aromatic heterocycles. The molecule has 8 nitrogen and oxygen atoms in total. The molecular formula is C22H32N4O4. The molecule has 4 rings (SSSR count). The molecule has 3 heterocycles. The van der Waals surface area contributed by atoms with Gasteiger partial charge in [0.1, 0.15) is 17.7 Å². The third-order valence-electron chi connectivity index (χ3n) is 6.14. The Kier molecular flexibility index (Phi) is 6.15. The highest BCUT2D eigenvalue weighted by atomic mass is 16.5. The second kappa shape index (κ2) is 8.81. The Morgan fingerprint density at radius 3 is 2.20 bits per heavy atom. The summed E-state index contributed by atoms with van der Waals surface area (Å²) < 4.78 is 22.6. The van der Waals surface area contributed by atoms with Crippen molar-refractivity contribution in [1.82, 2.24) is 14.9 Å². The fraction of sp³-hybridized carbons (Fsp3) is 0.636. The summed E-state index contributed by atoms with van der Waals surface area (Å²) in [5.41, 5.74) is 0.734. The summed E-state index contributed by atoms with van der Waals surface area (Å²) >= 11 is 0. The number of nitrogens with zero attached hydrogens (tertiary/aromatic N) is 4. The minimum Gasteiger partial charge on any atom is -0.493 e. The van der Waals surface area contributed by atoms with Gasteiger partial charge in [-0.1, -0.05) is 0 Å². The lowest BCUT2D eigenvalue weighted by Gasteiger charge is -2.43. The summed E-state index contributed by atoms with van der Waals surface area (Å²) in [6.07, 6.45) is 4.41. The molecule has 0 amide bonds. The maximum Gasteiger partial charge on any atom is 0.205 e. The van der Waals surface area contributed by atoms with E-state index in [-0.39, 0.29) is 0 Å². The molecule has 1 aromatic carbocycles. The lowest BCUT2D eigenvalue weighted by molar-refractivity contribution is -0.0826. The van der Waals surface area contributed by atoms with E-state index in [0.29, 0.717) is 35.5 Å². The van der Waals surface area contributed by atoms with Crippen LogP contribution in [0.15, 0.2) is 12.4 Å². The van der Waals surface area contributed by atoms with Crippen LogP contribution in [0.2, 0.25) is 0 Å². The van der Waals surface area contributed by atoms with Crippen LogP contribution in [0.25, 0.3) is 10.9 Å². The first-order chi connectivity index (χ1) is 14.5. The number of piperidine rings is 1. The van der Waals surface area contributed by atoms with E-state index in [1.165, 1.54) is 0 Å². The van der Waals surface area contributed by atoms with Crippen molar-refractivity contribution in [3.05, 3.63) is 12.4 Å². The number of methoxy groups -OCH3 is 3. The maximum atomic E-state index is 5.91. The Morgan fingerprint density at radius 2 is 1.60 bits per heavy atom. The van der Waals surface area contributed by atoms with Gasteiger partial charge in [0, 0.05) is 32.2 Å². The molecule has 164 valence electrons. The van der Waals surface area contributed by atoms with Crippen LogP contribution in [0, 0.1) is 0 Å². The van der Waals surface area contributed by atoms with E-state index in [2.05, 4.69) is 33.6 Å². The molecule has 2 aromatic rings. The predicted octanol–water partition coefficient (Wildman–Crippen LogP) is 2.73. The first kappa shape index (κ1) is 20.9. The van der Waals surface area contributed by atoms with E-state index >= 15 is 0 Å². The third kappa shape index (κ3) is 3.86. The molecule has 0 bridgehead atoms. The van der Waals surface area contributed by atoms with Gasteiger partial charge < -0.3 is 23.8 Å². The predicted molar refractivity (Wildman–Crippen MR) is 116 cm³/mol. The van der Waals surface area contributed by atoms with Crippen LogP contribution in [0.4, 0.5) is 5.82 Å². The average Bonchev–Trinajstić information content (AvgIpc) is 2.76. The minimum atomic E-state index is 0.299. The number of morpholine rings is 1. The minimum absolute atomic E-state index is 0.299. The van der Waals surface area contributed by atoms with Crippen molar-refractivity contribution in [2.75, 3.05) is 52.4 Å². The first-order valence-corrected chi connectivity index (χ1v) is 10.6. The van der Waals surface area contributed by atoms with E-state index in [0.717, 1.165) is 55.7 Å². The normalized spacial score (nSPS) is 23.6. The number of benzene rings is 1. The molecule has 0 radical (unpaired) electrons.